The highest BCUT2D eigenvalue weighted by Crippen LogP contribution is 2.36. The first-order valence-electron chi connectivity index (χ1n) is 7.38. The predicted molar refractivity (Wildman–Crippen MR) is 92.7 cm³/mol. The van der Waals surface area contributed by atoms with Gasteiger partial charge in [0.25, 0.3) is 5.95 Å². The zero-order chi connectivity index (χ0) is 18.2. The number of nitrogens with zero attached hydrogens (tertiary/aromatic N) is 5. The van der Waals surface area contributed by atoms with Gasteiger partial charge in [0, 0.05) is 0 Å². The Bertz CT molecular complexity index is 764. The van der Waals surface area contributed by atoms with E-state index in [0.29, 0.717) is 28.1 Å². The lowest BCUT2D eigenvalue weighted by Gasteiger charge is -2.14. The molecule has 0 radical (unpaired) electrons. The van der Waals surface area contributed by atoms with Gasteiger partial charge < -0.3 is 19.9 Å². The number of ether oxygens (including phenoxy) is 3. The van der Waals surface area contributed by atoms with E-state index < -0.39 is 5.97 Å². The summed E-state index contributed by atoms with van der Waals surface area (Å²) >= 11 is 3.40. The van der Waals surface area contributed by atoms with Crippen molar-refractivity contribution in [3.05, 3.63) is 22.2 Å². The molecule has 0 amide bonds. The number of hydrogen-bond donors (Lipinski definition) is 1. The van der Waals surface area contributed by atoms with Crippen molar-refractivity contribution < 1.29 is 19.0 Å². The van der Waals surface area contributed by atoms with Crippen LogP contribution in [0, 0.1) is 0 Å². The first-order valence-corrected chi connectivity index (χ1v) is 8.17. The minimum atomic E-state index is -0.461. The van der Waals surface area contributed by atoms with E-state index in [1.54, 1.807) is 19.1 Å². The van der Waals surface area contributed by atoms with E-state index >= 15 is 0 Å². The van der Waals surface area contributed by atoms with Crippen molar-refractivity contribution in [1.29, 1.82) is 0 Å². The van der Waals surface area contributed by atoms with Gasteiger partial charge in [0.2, 0.25) is 0 Å². The van der Waals surface area contributed by atoms with Crippen molar-refractivity contribution in [2.45, 2.75) is 13.8 Å². The highest BCUT2D eigenvalue weighted by atomic mass is 79.9. The summed E-state index contributed by atoms with van der Waals surface area (Å²) in [7, 11) is 0. The maximum absolute atomic E-state index is 11.5. The number of hydrogen-bond acceptors (Lipinski definition) is 9. The van der Waals surface area contributed by atoms with Gasteiger partial charge in [-0.15, -0.1) is 0 Å². The Morgan fingerprint density at radius 3 is 2.80 bits per heavy atom. The summed E-state index contributed by atoms with van der Waals surface area (Å²) < 4.78 is 16.5. The van der Waals surface area contributed by atoms with Crippen LogP contribution in [-0.2, 0) is 9.53 Å². The van der Waals surface area contributed by atoms with E-state index in [2.05, 4.69) is 36.6 Å². The number of halogens is 1. The number of nitrogens with two attached hydrogens (primary N) is 1. The van der Waals surface area contributed by atoms with Crippen LogP contribution in [0.15, 0.2) is 21.7 Å². The van der Waals surface area contributed by atoms with Crippen LogP contribution in [-0.4, -0.2) is 52.3 Å². The second-order valence-corrected chi connectivity index (χ2v) is 5.38. The topological polar surface area (TPSA) is 127 Å². The number of tetrazole rings is 1. The normalized spacial score (nSPS) is 10.8. The summed E-state index contributed by atoms with van der Waals surface area (Å²) in [5, 5.41) is 14.6. The fraction of sp³-hybridized carbons (Fsp3) is 0.357. The van der Waals surface area contributed by atoms with Gasteiger partial charge in [-0.05, 0) is 57.9 Å². The van der Waals surface area contributed by atoms with Crippen LogP contribution in [0.3, 0.4) is 0 Å². The molecule has 0 unspecified atom stereocenters. The molecular formula is C14H17BrN6O4. The molecule has 25 heavy (non-hydrogen) atoms. The molecule has 1 heterocycles. The van der Waals surface area contributed by atoms with E-state index in [-0.39, 0.29) is 19.2 Å². The summed E-state index contributed by atoms with van der Waals surface area (Å²) in [4.78, 5) is 12.6. The van der Waals surface area contributed by atoms with Gasteiger partial charge in [0.05, 0.1) is 23.9 Å². The molecule has 1 aromatic heterocycles. The summed E-state index contributed by atoms with van der Waals surface area (Å²) in [6.07, 6.45) is 1.51. The zero-order valence-corrected chi connectivity index (χ0v) is 15.3. The third kappa shape index (κ3) is 5.14. The molecule has 1 aromatic carbocycles. The lowest BCUT2D eigenvalue weighted by molar-refractivity contribution is -0.145. The Morgan fingerprint density at radius 2 is 2.16 bits per heavy atom. The number of carbonyl (C=O) groups excluding carboxylic acids is 1. The number of benzene rings is 1. The summed E-state index contributed by atoms with van der Waals surface area (Å²) in [5.74, 6) is 0.452. The summed E-state index contributed by atoms with van der Waals surface area (Å²) in [5.41, 5.74) is 6.23. The fourth-order valence-corrected chi connectivity index (χ4v) is 2.37. The Labute approximate surface area is 152 Å². The van der Waals surface area contributed by atoms with Gasteiger partial charge in [-0.1, -0.05) is 9.89 Å². The molecule has 0 spiro atoms. The van der Waals surface area contributed by atoms with Crippen molar-refractivity contribution in [3.63, 3.8) is 0 Å². The van der Waals surface area contributed by atoms with Gasteiger partial charge in [-0.25, -0.2) is 4.79 Å². The highest BCUT2D eigenvalue weighted by Gasteiger charge is 2.14. The molecule has 0 aliphatic rings. The zero-order valence-electron chi connectivity index (χ0n) is 13.7. The van der Waals surface area contributed by atoms with Crippen molar-refractivity contribution in [2.75, 3.05) is 25.6 Å². The molecule has 2 rings (SSSR count). The van der Waals surface area contributed by atoms with Gasteiger partial charge in [-0.3, -0.25) is 0 Å². The molecule has 11 heteroatoms. The molecular weight excluding hydrogens is 396 g/mol. The third-order valence-corrected chi connectivity index (χ3v) is 3.35. The molecule has 0 bridgehead atoms. The van der Waals surface area contributed by atoms with Crippen molar-refractivity contribution in [2.24, 2.45) is 5.10 Å². The largest absolute Gasteiger partial charge is 0.490 e. The smallest absolute Gasteiger partial charge is 0.344 e. The molecule has 0 aliphatic heterocycles. The van der Waals surface area contributed by atoms with Crippen molar-refractivity contribution >= 4 is 34.1 Å². The highest BCUT2D eigenvalue weighted by molar-refractivity contribution is 9.10. The maximum atomic E-state index is 11.5. The number of carbonyl (C=O) groups is 1. The molecule has 10 nitrogen and oxygen atoms in total. The molecule has 2 N–H and O–H groups in total. The SMILES string of the molecule is CCOC(=O)COc1c(Br)cc(/C=N/n2nnnc2N)cc1OCC. The first-order chi connectivity index (χ1) is 12.0. The fourth-order valence-electron chi connectivity index (χ4n) is 1.79. The van der Waals surface area contributed by atoms with Gasteiger partial charge >= 0.3 is 5.97 Å². The quantitative estimate of drug-likeness (QED) is 0.506. The lowest BCUT2D eigenvalue weighted by Crippen LogP contribution is -2.15. The van der Waals surface area contributed by atoms with Crippen LogP contribution in [0.25, 0.3) is 0 Å². The van der Waals surface area contributed by atoms with Crippen molar-refractivity contribution in [1.82, 2.24) is 20.3 Å². The van der Waals surface area contributed by atoms with E-state index in [9.17, 15) is 4.79 Å². The van der Waals surface area contributed by atoms with E-state index in [1.165, 1.54) is 6.21 Å². The number of rotatable bonds is 8. The molecule has 0 atom stereocenters. The standard InChI is InChI=1S/C14H17BrN6O4/c1-3-23-11-6-9(7-17-21-14(16)18-19-20-21)5-10(15)13(11)25-8-12(22)24-4-2/h5-7H,3-4,8H2,1-2H3,(H2,16,18,20)/b17-7+. The van der Waals surface area contributed by atoms with E-state index in [0.717, 1.165) is 4.79 Å². The van der Waals surface area contributed by atoms with Crippen LogP contribution in [0.5, 0.6) is 11.5 Å². The van der Waals surface area contributed by atoms with Crippen LogP contribution in [0.2, 0.25) is 0 Å². The van der Waals surface area contributed by atoms with E-state index in [1.807, 2.05) is 6.92 Å². The Morgan fingerprint density at radius 1 is 1.36 bits per heavy atom. The number of esters is 1. The third-order valence-electron chi connectivity index (χ3n) is 2.76. The Kier molecular flexibility index (Phi) is 6.69. The number of aromatic nitrogens is 4. The minimum absolute atomic E-state index is 0.0646. The molecule has 0 saturated heterocycles. The lowest BCUT2D eigenvalue weighted by atomic mass is 10.2. The summed E-state index contributed by atoms with van der Waals surface area (Å²) in [6, 6.07) is 3.45. The molecule has 134 valence electrons. The molecule has 0 saturated carbocycles. The average molecular weight is 413 g/mol. The summed E-state index contributed by atoms with van der Waals surface area (Å²) in [6.45, 7) is 4.05. The predicted octanol–water partition coefficient (Wildman–Crippen LogP) is 1.24. The average Bonchev–Trinajstić information content (AvgIpc) is 2.98. The van der Waals surface area contributed by atoms with Crippen LogP contribution >= 0.6 is 15.9 Å². The maximum Gasteiger partial charge on any atom is 0.344 e. The molecule has 0 fully saturated rings. The first kappa shape index (κ1) is 18.6. The monoisotopic (exact) mass is 412 g/mol. The number of anilines is 1. The van der Waals surface area contributed by atoms with E-state index in [4.69, 9.17) is 19.9 Å². The number of nitrogen functional groups attached to an aromatic ring is 1. The molecule has 0 aliphatic carbocycles. The Hall–Kier alpha value is -2.69. The Balaban J connectivity index is 2.22. The molecule has 2 aromatic rings. The van der Waals surface area contributed by atoms with Crippen LogP contribution in [0.1, 0.15) is 19.4 Å². The second-order valence-electron chi connectivity index (χ2n) is 4.53. The van der Waals surface area contributed by atoms with Crippen molar-refractivity contribution in [3.8, 4) is 11.5 Å². The second kappa shape index (κ2) is 8.97. The van der Waals surface area contributed by atoms with Gasteiger partial charge in [0.15, 0.2) is 18.1 Å². The van der Waals surface area contributed by atoms with Gasteiger partial charge in [-0.2, -0.15) is 5.10 Å². The van der Waals surface area contributed by atoms with Crippen LogP contribution < -0.4 is 15.2 Å². The van der Waals surface area contributed by atoms with Gasteiger partial charge in [0.1, 0.15) is 0 Å². The minimum Gasteiger partial charge on any atom is -0.490 e. The van der Waals surface area contributed by atoms with Crippen LogP contribution in [0.4, 0.5) is 5.95 Å².